The lowest BCUT2D eigenvalue weighted by atomic mass is 9.94. The highest BCUT2D eigenvalue weighted by atomic mass is 16.2. The second-order valence-corrected chi connectivity index (χ2v) is 6.91. The van der Waals surface area contributed by atoms with Crippen LogP contribution in [-0.4, -0.2) is 29.3 Å². The number of carbonyl (C=O) groups is 2. The van der Waals surface area contributed by atoms with E-state index in [9.17, 15) is 9.59 Å². The van der Waals surface area contributed by atoms with Crippen LogP contribution in [0.4, 0.5) is 0 Å². The average molecular weight is 314 g/mol. The van der Waals surface area contributed by atoms with Crippen molar-refractivity contribution in [1.29, 1.82) is 0 Å². The Hall–Kier alpha value is -1.84. The van der Waals surface area contributed by atoms with E-state index in [1.54, 1.807) is 12.1 Å². The Balaban J connectivity index is 1.52. The van der Waals surface area contributed by atoms with Crippen molar-refractivity contribution < 1.29 is 9.59 Å². The lowest BCUT2D eigenvalue weighted by Crippen LogP contribution is -2.38. The third kappa shape index (κ3) is 3.74. The predicted octanol–water partition coefficient (Wildman–Crippen LogP) is 2.90. The molecule has 4 heteroatoms. The smallest absolute Gasteiger partial charge is 0.248 e. The zero-order valence-electron chi connectivity index (χ0n) is 13.7. The SMILES string of the molecule is NC(=O)c1ccc(CCC2CCN(C3CCCCC3)C2=O)cc1. The summed E-state index contributed by atoms with van der Waals surface area (Å²) in [7, 11) is 0. The molecule has 23 heavy (non-hydrogen) atoms. The van der Waals surface area contributed by atoms with Crippen LogP contribution in [0.15, 0.2) is 24.3 Å². The van der Waals surface area contributed by atoms with Gasteiger partial charge in [0, 0.05) is 24.1 Å². The summed E-state index contributed by atoms with van der Waals surface area (Å²) >= 11 is 0. The molecule has 1 saturated heterocycles. The molecule has 2 aliphatic rings. The van der Waals surface area contributed by atoms with Crippen molar-refractivity contribution in [1.82, 2.24) is 4.90 Å². The van der Waals surface area contributed by atoms with E-state index in [0.29, 0.717) is 17.5 Å². The number of benzene rings is 1. The first-order chi connectivity index (χ1) is 11.1. The molecule has 0 aromatic heterocycles. The van der Waals surface area contributed by atoms with Gasteiger partial charge in [-0.05, 0) is 49.8 Å². The van der Waals surface area contributed by atoms with Crippen LogP contribution >= 0.6 is 0 Å². The number of hydrogen-bond donors (Lipinski definition) is 1. The molecule has 2 fully saturated rings. The topological polar surface area (TPSA) is 63.4 Å². The van der Waals surface area contributed by atoms with Crippen molar-refractivity contribution in [3.63, 3.8) is 0 Å². The number of amides is 2. The predicted molar refractivity (Wildman–Crippen MR) is 90.0 cm³/mol. The fraction of sp³-hybridized carbons (Fsp3) is 0.579. The van der Waals surface area contributed by atoms with Gasteiger partial charge < -0.3 is 10.6 Å². The molecule has 1 aromatic rings. The molecular formula is C19H26N2O2. The Labute approximate surface area is 138 Å². The molecule has 1 atom stereocenters. The van der Waals surface area contributed by atoms with Gasteiger partial charge in [-0.3, -0.25) is 9.59 Å². The van der Waals surface area contributed by atoms with Gasteiger partial charge >= 0.3 is 0 Å². The maximum atomic E-state index is 12.6. The number of likely N-dealkylation sites (tertiary alicyclic amines) is 1. The second-order valence-electron chi connectivity index (χ2n) is 6.91. The van der Waals surface area contributed by atoms with Gasteiger partial charge in [0.25, 0.3) is 0 Å². The highest BCUT2D eigenvalue weighted by Crippen LogP contribution is 2.30. The van der Waals surface area contributed by atoms with Crippen LogP contribution in [0.5, 0.6) is 0 Å². The van der Waals surface area contributed by atoms with Crippen molar-refractivity contribution in [2.45, 2.75) is 57.4 Å². The highest BCUT2D eigenvalue weighted by Gasteiger charge is 2.35. The Kier molecular flexibility index (Phi) is 4.99. The standard InChI is InChI=1S/C19H26N2O2/c20-18(22)15-9-6-14(7-10-15)8-11-16-12-13-21(19(16)23)17-4-2-1-3-5-17/h6-7,9-10,16-17H,1-5,8,11-13H2,(H2,20,22). The van der Waals surface area contributed by atoms with Crippen LogP contribution < -0.4 is 5.73 Å². The van der Waals surface area contributed by atoms with Crippen LogP contribution in [0, 0.1) is 5.92 Å². The minimum Gasteiger partial charge on any atom is -0.366 e. The van der Waals surface area contributed by atoms with E-state index >= 15 is 0 Å². The normalized spacial score (nSPS) is 22.5. The van der Waals surface area contributed by atoms with Gasteiger partial charge in [-0.2, -0.15) is 0 Å². The van der Waals surface area contributed by atoms with Crippen molar-refractivity contribution in [2.24, 2.45) is 11.7 Å². The van der Waals surface area contributed by atoms with Crippen LogP contribution in [0.1, 0.15) is 60.9 Å². The molecular weight excluding hydrogens is 288 g/mol. The molecule has 1 aliphatic heterocycles. The van der Waals surface area contributed by atoms with Crippen LogP contribution in [-0.2, 0) is 11.2 Å². The minimum atomic E-state index is -0.398. The zero-order chi connectivity index (χ0) is 16.2. The van der Waals surface area contributed by atoms with Crippen LogP contribution in [0.3, 0.4) is 0 Å². The molecule has 1 aromatic carbocycles. The summed E-state index contributed by atoms with van der Waals surface area (Å²) in [5.41, 5.74) is 6.95. The van der Waals surface area contributed by atoms with Gasteiger partial charge in [0.05, 0.1) is 0 Å². The monoisotopic (exact) mass is 314 g/mol. The fourth-order valence-electron chi connectivity index (χ4n) is 3.96. The molecule has 2 N–H and O–H groups in total. The summed E-state index contributed by atoms with van der Waals surface area (Å²) in [6.07, 6.45) is 9.01. The van der Waals surface area contributed by atoms with E-state index in [2.05, 4.69) is 4.90 Å². The lowest BCUT2D eigenvalue weighted by molar-refractivity contribution is -0.133. The van der Waals surface area contributed by atoms with Gasteiger partial charge in [0.1, 0.15) is 0 Å². The van der Waals surface area contributed by atoms with Gasteiger partial charge in [-0.1, -0.05) is 31.4 Å². The Morgan fingerprint density at radius 3 is 2.43 bits per heavy atom. The van der Waals surface area contributed by atoms with Gasteiger partial charge in [0.2, 0.25) is 11.8 Å². The molecule has 0 radical (unpaired) electrons. The van der Waals surface area contributed by atoms with Crippen molar-refractivity contribution >= 4 is 11.8 Å². The first-order valence-corrected chi connectivity index (χ1v) is 8.84. The molecule has 1 unspecified atom stereocenters. The summed E-state index contributed by atoms with van der Waals surface area (Å²) in [5, 5.41) is 0. The zero-order valence-corrected chi connectivity index (χ0v) is 13.7. The first-order valence-electron chi connectivity index (χ1n) is 8.84. The van der Waals surface area contributed by atoms with E-state index in [1.165, 1.54) is 37.7 Å². The Morgan fingerprint density at radius 1 is 1.09 bits per heavy atom. The van der Waals surface area contributed by atoms with E-state index in [1.807, 2.05) is 12.1 Å². The second kappa shape index (κ2) is 7.16. The quantitative estimate of drug-likeness (QED) is 0.908. The van der Waals surface area contributed by atoms with Gasteiger partial charge in [-0.25, -0.2) is 0 Å². The number of primary amides is 1. The highest BCUT2D eigenvalue weighted by molar-refractivity contribution is 5.92. The minimum absolute atomic E-state index is 0.174. The summed E-state index contributed by atoms with van der Waals surface area (Å²) in [6.45, 7) is 0.939. The molecule has 0 spiro atoms. The van der Waals surface area contributed by atoms with Crippen molar-refractivity contribution in [2.75, 3.05) is 6.54 Å². The first kappa shape index (κ1) is 16.0. The molecule has 124 valence electrons. The number of carbonyl (C=O) groups excluding carboxylic acids is 2. The number of hydrogen-bond acceptors (Lipinski definition) is 2. The summed E-state index contributed by atoms with van der Waals surface area (Å²) < 4.78 is 0. The molecule has 3 rings (SSSR count). The maximum Gasteiger partial charge on any atom is 0.248 e. The van der Waals surface area contributed by atoms with E-state index in [0.717, 1.165) is 25.8 Å². The number of nitrogens with zero attached hydrogens (tertiary/aromatic N) is 1. The van der Waals surface area contributed by atoms with Crippen molar-refractivity contribution in [3.8, 4) is 0 Å². The maximum absolute atomic E-state index is 12.6. The molecule has 2 amide bonds. The van der Waals surface area contributed by atoms with Gasteiger partial charge in [0.15, 0.2) is 0 Å². The summed E-state index contributed by atoms with van der Waals surface area (Å²) in [4.78, 5) is 25.9. The van der Waals surface area contributed by atoms with Crippen LogP contribution in [0.2, 0.25) is 0 Å². The third-order valence-corrected chi connectivity index (χ3v) is 5.39. The molecule has 4 nitrogen and oxygen atoms in total. The lowest BCUT2D eigenvalue weighted by Gasteiger charge is -2.31. The molecule has 0 bridgehead atoms. The molecule has 1 aliphatic carbocycles. The average Bonchev–Trinajstić information content (AvgIpc) is 2.95. The largest absolute Gasteiger partial charge is 0.366 e. The van der Waals surface area contributed by atoms with Gasteiger partial charge in [-0.15, -0.1) is 0 Å². The third-order valence-electron chi connectivity index (χ3n) is 5.39. The van der Waals surface area contributed by atoms with E-state index < -0.39 is 5.91 Å². The summed E-state index contributed by atoms with van der Waals surface area (Å²) in [5.74, 6) is 0.143. The van der Waals surface area contributed by atoms with Crippen LogP contribution in [0.25, 0.3) is 0 Å². The Bertz CT molecular complexity index is 561. The summed E-state index contributed by atoms with van der Waals surface area (Å²) in [6, 6.07) is 7.91. The molecule has 1 saturated carbocycles. The molecule has 1 heterocycles. The van der Waals surface area contributed by atoms with E-state index in [-0.39, 0.29) is 5.92 Å². The number of nitrogens with two attached hydrogens (primary N) is 1. The Morgan fingerprint density at radius 2 is 1.78 bits per heavy atom. The number of aryl methyl sites for hydroxylation is 1. The van der Waals surface area contributed by atoms with Crippen molar-refractivity contribution in [3.05, 3.63) is 35.4 Å². The number of rotatable bonds is 5. The fourth-order valence-corrected chi connectivity index (χ4v) is 3.96. The van der Waals surface area contributed by atoms with E-state index in [4.69, 9.17) is 5.73 Å².